The normalized spacial score (nSPS) is 21.2. The van der Waals surface area contributed by atoms with Gasteiger partial charge in [-0.05, 0) is 63.3 Å². The van der Waals surface area contributed by atoms with Crippen molar-refractivity contribution >= 4 is 50.8 Å². The highest BCUT2D eigenvalue weighted by molar-refractivity contribution is 7.89. The van der Waals surface area contributed by atoms with Gasteiger partial charge in [0.1, 0.15) is 21.2 Å². The number of benzene rings is 1. The lowest BCUT2D eigenvalue weighted by Crippen LogP contribution is -2.60. The lowest BCUT2D eigenvalue weighted by Gasteiger charge is -2.44. The molecular weight excluding hydrogens is 695 g/mol. The van der Waals surface area contributed by atoms with Gasteiger partial charge in [-0.3, -0.25) is 9.69 Å². The zero-order chi connectivity index (χ0) is 36.5. The summed E-state index contributed by atoms with van der Waals surface area (Å²) in [4.78, 5) is 49.4. The van der Waals surface area contributed by atoms with E-state index in [0.29, 0.717) is 18.1 Å². The molecule has 3 aliphatic rings. The van der Waals surface area contributed by atoms with Crippen LogP contribution < -0.4 is 9.80 Å². The number of carboxylic acids is 1. The van der Waals surface area contributed by atoms with Crippen LogP contribution in [-0.4, -0.2) is 108 Å². The van der Waals surface area contributed by atoms with Crippen LogP contribution in [-0.2, 0) is 19.6 Å². The van der Waals surface area contributed by atoms with Crippen LogP contribution in [0.1, 0.15) is 62.5 Å². The van der Waals surface area contributed by atoms with Crippen LogP contribution in [0.2, 0.25) is 0 Å². The van der Waals surface area contributed by atoms with Gasteiger partial charge in [0.15, 0.2) is 0 Å². The minimum Gasteiger partial charge on any atom is -0.477 e. The Morgan fingerprint density at radius 3 is 2.37 bits per heavy atom. The second kappa shape index (κ2) is 14.9. The molecule has 2 N–H and O–H groups in total. The van der Waals surface area contributed by atoms with Crippen molar-refractivity contribution in [3.8, 4) is 10.4 Å². The van der Waals surface area contributed by atoms with E-state index in [1.807, 2.05) is 35.2 Å². The van der Waals surface area contributed by atoms with E-state index in [-0.39, 0.29) is 41.9 Å². The van der Waals surface area contributed by atoms with Gasteiger partial charge in [-0.25, -0.2) is 23.0 Å². The van der Waals surface area contributed by atoms with Crippen LogP contribution >= 0.6 is 11.3 Å². The summed E-state index contributed by atoms with van der Waals surface area (Å²) in [5.41, 5.74) is 0.469. The number of thiophene rings is 1. The van der Waals surface area contributed by atoms with Crippen molar-refractivity contribution in [1.82, 2.24) is 14.2 Å². The fourth-order valence-corrected chi connectivity index (χ4v) is 9.59. The van der Waals surface area contributed by atoms with Crippen LogP contribution in [0.25, 0.3) is 10.4 Å². The number of carbonyl (C=O) groups excluding carboxylic acids is 2. The molecule has 0 radical (unpaired) electrons. The molecule has 1 aliphatic carbocycles. The lowest BCUT2D eigenvalue weighted by atomic mass is 9.82. The van der Waals surface area contributed by atoms with E-state index in [1.54, 1.807) is 37.8 Å². The quantitative estimate of drug-likeness (QED) is 0.325. The van der Waals surface area contributed by atoms with E-state index in [9.17, 15) is 33.0 Å². The molecule has 1 saturated carbocycles. The van der Waals surface area contributed by atoms with E-state index >= 15 is 0 Å². The van der Waals surface area contributed by atoms with Crippen molar-refractivity contribution in [2.45, 2.75) is 75.5 Å². The summed E-state index contributed by atoms with van der Waals surface area (Å²) in [5, 5.41) is 20.3. The van der Waals surface area contributed by atoms with Gasteiger partial charge in [-0.15, -0.1) is 11.3 Å². The summed E-state index contributed by atoms with van der Waals surface area (Å²) >= 11 is 1.11. The number of aromatic nitrogens is 1. The van der Waals surface area contributed by atoms with Crippen molar-refractivity contribution in [2.24, 2.45) is 5.92 Å². The van der Waals surface area contributed by atoms with Gasteiger partial charge in [0.05, 0.1) is 30.9 Å². The molecule has 15 heteroatoms. The minimum absolute atomic E-state index is 0.00161. The summed E-state index contributed by atoms with van der Waals surface area (Å²) in [6, 6.07) is 13.1. The number of amides is 2. The van der Waals surface area contributed by atoms with Gasteiger partial charge in [-0.1, -0.05) is 49.6 Å². The molecule has 6 rings (SSSR count). The fourth-order valence-electron chi connectivity index (χ4n) is 7.24. The largest absolute Gasteiger partial charge is 0.477 e. The third-order valence-corrected chi connectivity index (χ3v) is 12.7. The number of aromatic carboxylic acids is 1. The number of sulfonamides is 1. The summed E-state index contributed by atoms with van der Waals surface area (Å²) < 4.78 is 34.9. The number of anilines is 2. The number of aliphatic hydroxyl groups excluding tert-OH is 1. The number of nitrogens with zero attached hydrogens (tertiary/aromatic N) is 5. The molecule has 13 nitrogen and oxygen atoms in total. The third-order valence-electron chi connectivity index (χ3n) is 9.73. The lowest BCUT2D eigenvalue weighted by molar-refractivity contribution is -0.121. The molecule has 2 aromatic heterocycles. The summed E-state index contributed by atoms with van der Waals surface area (Å²) in [6.07, 6.45) is 5.36. The molecule has 2 unspecified atom stereocenters. The maximum atomic E-state index is 14.1. The molecule has 0 bridgehead atoms. The predicted octanol–water partition coefficient (Wildman–Crippen LogP) is 4.91. The van der Waals surface area contributed by atoms with Crippen molar-refractivity contribution < 1.29 is 37.8 Å². The SMILES string of the molecule is CC(C)(C)OC(=O)N1CCN(c2ccc(S(=O)(=O)N3CC(=O)N(c4cc(-c5ccccc5)sc4C(=O)O)C(C4CCCCC4)C3)cn2)CC1CO. The highest BCUT2D eigenvalue weighted by Crippen LogP contribution is 2.42. The highest BCUT2D eigenvalue weighted by Gasteiger charge is 2.44. The number of carbonyl (C=O) groups is 3. The first kappa shape index (κ1) is 36.7. The topological polar surface area (TPSA) is 161 Å². The summed E-state index contributed by atoms with van der Waals surface area (Å²) in [7, 11) is -4.16. The number of piperazine rings is 2. The molecular formula is C36H45N5O8S2. The Morgan fingerprint density at radius 1 is 1.02 bits per heavy atom. The van der Waals surface area contributed by atoms with Gasteiger partial charge < -0.3 is 24.7 Å². The second-order valence-electron chi connectivity index (χ2n) is 14.3. The van der Waals surface area contributed by atoms with Crippen LogP contribution in [0, 0.1) is 5.92 Å². The number of aliphatic hydroxyl groups is 1. The summed E-state index contributed by atoms with van der Waals surface area (Å²) in [5.74, 6) is -1.11. The molecule has 2 atom stereocenters. The van der Waals surface area contributed by atoms with Gasteiger partial charge in [0.25, 0.3) is 0 Å². The molecule has 2 saturated heterocycles. The standard InChI is InChI=1S/C36H45N5O8S2/c1-36(2,3)49-35(46)40-17-16-38(20-26(40)23-42)31-15-14-27(19-37-31)51(47,48)39-21-29(24-10-6-4-7-11-24)41(32(43)22-39)28-18-30(50-33(28)34(44)45)25-12-8-5-9-13-25/h5,8-9,12-15,18-19,24,26,29,42H,4,6-7,10-11,16-17,20-23H2,1-3H3,(H,44,45). The monoisotopic (exact) mass is 739 g/mol. The van der Waals surface area contributed by atoms with Crippen molar-refractivity contribution in [3.63, 3.8) is 0 Å². The van der Waals surface area contributed by atoms with Crippen LogP contribution in [0.15, 0.2) is 59.6 Å². The predicted molar refractivity (Wildman–Crippen MR) is 194 cm³/mol. The Morgan fingerprint density at radius 2 is 1.75 bits per heavy atom. The first-order chi connectivity index (χ1) is 24.3. The highest BCUT2D eigenvalue weighted by atomic mass is 32.2. The number of pyridine rings is 1. The third kappa shape index (κ3) is 7.91. The van der Waals surface area contributed by atoms with Gasteiger partial charge >= 0.3 is 12.1 Å². The maximum Gasteiger partial charge on any atom is 0.410 e. The average Bonchev–Trinajstić information content (AvgIpc) is 3.56. The summed E-state index contributed by atoms with van der Waals surface area (Å²) in [6.45, 7) is 5.62. The molecule has 3 fully saturated rings. The molecule has 2 aliphatic heterocycles. The molecule has 0 spiro atoms. The zero-order valence-corrected chi connectivity index (χ0v) is 30.7. The number of hydrogen-bond acceptors (Lipinski definition) is 10. The van der Waals surface area contributed by atoms with Crippen LogP contribution in [0.5, 0.6) is 0 Å². The Kier molecular flexibility index (Phi) is 10.7. The van der Waals surface area contributed by atoms with Crippen molar-refractivity contribution in [3.05, 3.63) is 59.6 Å². The Hall–Kier alpha value is -4.05. The van der Waals surface area contributed by atoms with Crippen molar-refractivity contribution in [2.75, 3.05) is 49.1 Å². The molecule has 3 aromatic rings. The zero-order valence-electron chi connectivity index (χ0n) is 29.1. The van der Waals surface area contributed by atoms with E-state index in [2.05, 4.69) is 4.98 Å². The average molecular weight is 740 g/mol. The Balaban J connectivity index is 1.23. The van der Waals surface area contributed by atoms with Gasteiger partial charge in [-0.2, -0.15) is 4.31 Å². The second-order valence-corrected chi connectivity index (χ2v) is 17.3. The molecule has 1 aromatic carbocycles. The Labute approximate surface area is 302 Å². The fraction of sp³-hybridized carbons (Fsp3) is 0.500. The number of ether oxygens (including phenoxy) is 1. The van der Waals surface area contributed by atoms with Crippen LogP contribution in [0.3, 0.4) is 0 Å². The molecule has 274 valence electrons. The number of hydrogen-bond donors (Lipinski definition) is 2. The number of rotatable bonds is 8. The number of carboxylic acid groups (broad SMARTS) is 1. The molecule has 4 heterocycles. The van der Waals surface area contributed by atoms with Crippen molar-refractivity contribution in [1.29, 1.82) is 0 Å². The van der Waals surface area contributed by atoms with E-state index in [4.69, 9.17) is 4.74 Å². The first-order valence-electron chi connectivity index (χ1n) is 17.3. The van der Waals surface area contributed by atoms with E-state index in [1.165, 1.54) is 21.5 Å². The molecule has 51 heavy (non-hydrogen) atoms. The smallest absolute Gasteiger partial charge is 0.410 e. The minimum atomic E-state index is -4.16. The van der Waals surface area contributed by atoms with E-state index < -0.39 is 52.2 Å². The molecule has 2 amide bonds. The van der Waals surface area contributed by atoms with Gasteiger partial charge in [0.2, 0.25) is 15.9 Å². The first-order valence-corrected chi connectivity index (χ1v) is 19.6. The van der Waals surface area contributed by atoms with E-state index in [0.717, 1.165) is 53.9 Å². The van der Waals surface area contributed by atoms with Gasteiger partial charge in [0, 0.05) is 37.3 Å². The maximum absolute atomic E-state index is 14.1. The Bertz CT molecular complexity index is 1840. The van der Waals surface area contributed by atoms with Crippen LogP contribution in [0.4, 0.5) is 16.3 Å².